The first kappa shape index (κ1) is 11.5. The smallest absolute Gasteiger partial charge is 0.116 e. The fraction of sp³-hybridized carbons (Fsp3) is 0.250. The van der Waals surface area contributed by atoms with Gasteiger partial charge in [-0.25, -0.2) is 0 Å². The van der Waals surface area contributed by atoms with Gasteiger partial charge in [0.05, 0.1) is 0 Å². The Balaban J connectivity index is 2.98. The molecule has 0 spiro atoms. The number of aryl methyl sites for hydroxylation is 1. The van der Waals surface area contributed by atoms with Gasteiger partial charge in [0.25, 0.3) is 0 Å². The molecule has 0 aromatic heterocycles. The first-order valence-electron chi connectivity index (χ1n) is 5.77. The topological polar surface area (TPSA) is 20.2 Å². The molecule has 2 aromatic rings. The highest BCUT2D eigenvalue weighted by molar-refractivity contribution is 5.93. The number of hydrogen-bond acceptors (Lipinski definition) is 1. The van der Waals surface area contributed by atoms with Crippen molar-refractivity contribution in [1.29, 1.82) is 0 Å². The molecule has 1 heteroatoms. The number of aromatic hydroxyl groups is 1. The molecule has 0 bridgehead atoms. The average Bonchev–Trinajstić information content (AvgIpc) is 2.28. The van der Waals surface area contributed by atoms with E-state index in [9.17, 15) is 5.11 Å². The lowest BCUT2D eigenvalue weighted by atomic mass is 9.90. The van der Waals surface area contributed by atoms with Crippen LogP contribution in [0.25, 0.3) is 10.8 Å². The number of hydrogen-bond donors (Lipinski definition) is 1. The van der Waals surface area contributed by atoms with Crippen LogP contribution in [0.15, 0.2) is 24.3 Å². The van der Waals surface area contributed by atoms with E-state index in [0.717, 1.165) is 27.5 Å². The van der Waals surface area contributed by atoms with E-state index >= 15 is 0 Å². The Morgan fingerprint density at radius 2 is 1.94 bits per heavy atom. The molecule has 2 aromatic carbocycles. The summed E-state index contributed by atoms with van der Waals surface area (Å²) in [6.07, 6.45) is 5.61. The zero-order chi connectivity index (χ0) is 12.6. The average molecular weight is 224 g/mol. The van der Waals surface area contributed by atoms with Crippen LogP contribution in [0.4, 0.5) is 0 Å². The molecule has 0 aliphatic carbocycles. The zero-order valence-corrected chi connectivity index (χ0v) is 10.4. The molecule has 0 saturated carbocycles. The number of phenols is 1. The van der Waals surface area contributed by atoms with Crippen molar-refractivity contribution in [2.75, 3.05) is 0 Å². The molecule has 86 valence electrons. The van der Waals surface area contributed by atoms with Crippen molar-refractivity contribution in [1.82, 2.24) is 0 Å². The van der Waals surface area contributed by atoms with Crippen LogP contribution in [0.2, 0.25) is 0 Å². The largest absolute Gasteiger partial charge is 0.508 e. The second kappa shape index (κ2) is 4.14. The predicted octanol–water partition coefficient (Wildman–Crippen LogP) is 3.96. The molecule has 0 amide bonds. The lowest BCUT2D eigenvalue weighted by molar-refractivity contribution is 0.475. The molecule has 0 unspecified atom stereocenters. The maximum atomic E-state index is 9.74. The minimum absolute atomic E-state index is 0.299. The van der Waals surface area contributed by atoms with Crippen LogP contribution in [-0.2, 0) is 0 Å². The van der Waals surface area contributed by atoms with Crippen molar-refractivity contribution >= 4 is 10.8 Å². The Bertz CT molecular complexity index is 615. The van der Waals surface area contributed by atoms with Crippen LogP contribution < -0.4 is 0 Å². The molecule has 1 nitrogen and oxygen atoms in total. The highest BCUT2D eigenvalue weighted by Crippen LogP contribution is 2.33. The molecule has 0 saturated heterocycles. The number of rotatable bonds is 1. The van der Waals surface area contributed by atoms with Gasteiger partial charge in [0, 0.05) is 10.9 Å². The third-order valence-electron chi connectivity index (χ3n) is 3.11. The number of fused-ring (bicyclic) bond motifs is 1. The molecule has 1 N–H and O–H groups in total. The highest BCUT2D eigenvalue weighted by atomic mass is 16.3. The summed E-state index contributed by atoms with van der Waals surface area (Å²) < 4.78 is 0. The summed E-state index contributed by atoms with van der Waals surface area (Å²) in [6.45, 7) is 6.24. The number of phenolic OH excluding ortho intramolecular Hbond substituents is 1. The van der Waals surface area contributed by atoms with Crippen LogP contribution in [0.5, 0.6) is 5.75 Å². The second-order valence-electron chi connectivity index (χ2n) is 4.69. The first-order valence-corrected chi connectivity index (χ1v) is 5.77. The molecular formula is C16H16O. The Morgan fingerprint density at radius 3 is 2.53 bits per heavy atom. The fourth-order valence-corrected chi connectivity index (χ4v) is 2.23. The van der Waals surface area contributed by atoms with Gasteiger partial charge in [0.1, 0.15) is 5.75 Å². The van der Waals surface area contributed by atoms with Crippen LogP contribution in [0.3, 0.4) is 0 Å². The molecule has 0 atom stereocenters. The Morgan fingerprint density at radius 1 is 1.24 bits per heavy atom. The van der Waals surface area contributed by atoms with Crippen LogP contribution in [0.1, 0.15) is 36.5 Å². The summed E-state index contributed by atoms with van der Waals surface area (Å²) in [7, 11) is 0. The lowest BCUT2D eigenvalue weighted by Crippen LogP contribution is -1.94. The quantitative estimate of drug-likeness (QED) is 0.727. The Hall–Kier alpha value is -1.94. The van der Waals surface area contributed by atoms with E-state index in [1.165, 1.54) is 0 Å². The van der Waals surface area contributed by atoms with Gasteiger partial charge >= 0.3 is 0 Å². The molecule has 0 radical (unpaired) electrons. The van der Waals surface area contributed by atoms with Crippen molar-refractivity contribution in [3.8, 4) is 18.1 Å². The summed E-state index contributed by atoms with van der Waals surface area (Å²) in [5, 5.41) is 11.8. The normalized spacial score (nSPS) is 10.8. The number of benzene rings is 2. The maximum absolute atomic E-state index is 9.74. The van der Waals surface area contributed by atoms with E-state index in [-0.39, 0.29) is 0 Å². The van der Waals surface area contributed by atoms with E-state index in [1.54, 1.807) is 6.07 Å². The standard InChI is InChI=1S/C16H16O/c1-5-14-11(4)6-7-12-8-13(17)9-15(10(2)3)16(12)14/h1,6-10,17H,2-4H3. The van der Waals surface area contributed by atoms with E-state index < -0.39 is 0 Å². The van der Waals surface area contributed by atoms with Crippen molar-refractivity contribution in [2.45, 2.75) is 26.7 Å². The molecule has 0 heterocycles. The van der Waals surface area contributed by atoms with Gasteiger partial charge in [-0.15, -0.1) is 6.42 Å². The van der Waals surface area contributed by atoms with E-state index in [4.69, 9.17) is 6.42 Å². The third kappa shape index (κ3) is 1.87. The van der Waals surface area contributed by atoms with Gasteiger partial charge in [0.15, 0.2) is 0 Å². The molecule has 0 fully saturated rings. The van der Waals surface area contributed by atoms with Gasteiger partial charge in [-0.2, -0.15) is 0 Å². The number of terminal acetylenes is 1. The van der Waals surface area contributed by atoms with Gasteiger partial charge in [-0.05, 0) is 41.5 Å². The minimum atomic E-state index is 0.299. The van der Waals surface area contributed by atoms with Crippen LogP contribution in [-0.4, -0.2) is 5.11 Å². The van der Waals surface area contributed by atoms with Crippen molar-refractivity contribution in [2.24, 2.45) is 0 Å². The summed E-state index contributed by atoms with van der Waals surface area (Å²) in [5.41, 5.74) is 3.15. The van der Waals surface area contributed by atoms with Gasteiger partial charge < -0.3 is 5.11 Å². The lowest BCUT2D eigenvalue weighted by Gasteiger charge is -2.14. The van der Waals surface area contributed by atoms with Crippen molar-refractivity contribution in [3.05, 3.63) is 41.0 Å². The fourth-order valence-electron chi connectivity index (χ4n) is 2.23. The van der Waals surface area contributed by atoms with Gasteiger partial charge in [-0.3, -0.25) is 0 Å². The third-order valence-corrected chi connectivity index (χ3v) is 3.11. The minimum Gasteiger partial charge on any atom is -0.508 e. The second-order valence-corrected chi connectivity index (χ2v) is 4.69. The first-order chi connectivity index (χ1) is 8.04. The van der Waals surface area contributed by atoms with E-state index in [2.05, 4.69) is 19.8 Å². The SMILES string of the molecule is C#Cc1c(C)ccc2cc(O)cc(C(C)C)c12. The monoisotopic (exact) mass is 224 g/mol. The summed E-state index contributed by atoms with van der Waals surface area (Å²) in [4.78, 5) is 0. The summed E-state index contributed by atoms with van der Waals surface area (Å²) in [5.74, 6) is 3.40. The van der Waals surface area contributed by atoms with E-state index in [1.807, 2.05) is 25.1 Å². The van der Waals surface area contributed by atoms with Gasteiger partial charge in [0.2, 0.25) is 0 Å². The van der Waals surface area contributed by atoms with Crippen LogP contribution in [0, 0.1) is 19.3 Å². The summed E-state index contributed by atoms with van der Waals surface area (Å²) in [6, 6.07) is 7.59. The van der Waals surface area contributed by atoms with Crippen molar-refractivity contribution < 1.29 is 5.11 Å². The Labute approximate surface area is 102 Å². The summed E-state index contributed by atoms with van der Waals surface area (Å²) >= 11 is 0. The molecule has 0 aliphatic rings. The predicted molar refractivity (Wildman–Crippen MR) is 72.4 cm³/mol. The van der Waals surface area contributed by atoms with Crippen molar-refractivity contribution in [3.63, 3.8) is 0 Å². The van der Waals surface area contributed by atoms with Crippen LogP contribution >= 0.6 is 0 Å². The van der Waals surface area contributed by atoms with Gasteiger partial charge in [-0.1, -0.05) is 31.9 Å². The maximum Gasteiger partial charge on any atom is 0.116 e. The zero-order valence-electron chi connectivity index (χ0n) is 10.4. The molecule has 2 rings (SSSR count). The van der Waals surface area contributed by atoms with E-state index in [0.29, 0.717) is 11.7 Å². The molecular weight excluding hydrogens is 208 g/mol. The highest BCUT2D eigenvalue weighted by Gasteiger charge is 2.11. The molecule has 17 heavy (non-hydrogen) atoms. The molecule has 0 aliphatic heterocycles. The Kier molecular flexibility index (Phi) is 2.81.